The molecule has 1 aliphatic rings. The summed E-state index contributed by atoms with van der Waals surface area (Å²) in [6, 6.07) is 10.8. The molecule has 21 heavy (non-hydrogen) atoms. The second-order valence-electron chi connectivity index (χ2n) is 5.09. The Balaban J connectivity index is 1.87. The standard InChI is InChI=1S/C16H14Cl2N2O/c17-13-5-4-11(8-14(13)18)16(21)20-7-6-10-2-1-3-15(19)12(10)9-20/h1-5,8H,6-7,9,19H2. The SMILES string of the molecule is Nc1cccc2c1CN(C(=O)c1ccc(Cl)c(Cl)c1)CC2. The van der Waals surface area contributed by atoms with Gasteiger partial charge in [0.2, 0.25) is 0 Å². The zero-order valence-electron chi connectivity index (χ0n) is 11.3. The Kier molecular flexibility index (Phi) is 3.79. The summed E-state index contributed by atoms with van der Waals surface area (Å²) in [5.74, 6) is -0.0533. The van der Waals surface area contributed by atoms with Gasteiger partial charge in [0.05, 0.1) is 10.0 Å². The van der Waals surface area contributed by atoms with E-state index < -0.39 is 0 Å². The number of benzene rings is 2. The predicted octanol–water partition coefficient (Wildman–Crippen LogP) is 3.77. The normalized spacial score (nSPS) is 13.9. The van der Waals surface area contributed by atoms with Crippen LogP contribution in [0.25, 0.3) is 0 Å². The number of nitrogens with zero attached hydrogens (tertiary/aromatic N) is 1. The zero-order valence-corrected chi connectivity index (χ0v) is 12.8. The fraction of sp³-hybridized carbons (Fsp3) is 0.188. The van der Waals surface area contributed by atoms with Crippen LogP contribution in [-0.2, 0) is 13.0 Å². The van der Waals surface area contributed by atoms with Crippen LogP contribution in [0.15, 0.2) is 36.4 Å². The van der Waals surface area contributed by atoms with E-state index in [9.17, 15) is 4.79 Å². The number of hydrogen-bond donors (Lipinski definition) is 1. The lowest BCUT2D eigenvalue weighted by atomic mass is 9.97. The van der Waals surface area contributed by atoms with Crippen molar-refractivity contribution in [2.24, 2.45) is 0 Å². The average Bonchev–Trinajstić information content (AvgIpc) is 2.49. The Morgan fingerprint density at radius 3 is 2.71 bits per heavy atom. The van der Waals surface area contributed by atoms with Gasteiger partial charge in [0.15, 0.2) is 0 Å². The molecule has 0 radical (unpaired) electrons. The van der Waals surface area contributed by atoms with Gasteiger partial charge in [0, 0.05) is 24.3 Å². The van der Waals surface area contributed by atoms with Crippen LogP contribution in [-0.4, -0.2) is 17.4 Å². The van der Waals surface area contributed by atoms with E-state index in [1.807, 2.05) is 12.1 Å². The number of nitrogens with two attached hydrogens (primary N) is 1. The third kappa shape index (κ3) is 2.71. The van der Waals surface area contributed by atoms with Crippen molar-refractivity contribution in [2.75, 3.05) is 12.3 Å². The molecule has 1 amide bonds. The number of carbonyl (C=O) groups excluding carboxylic acids is 1. The molecule has 0 saturated carbocycles. The summed E-state index contributed by atoms with van der Waals surface area (Å²) in [6.45, 7) is 1.20. The van der Waals surface area contributed by atoms with Crippen molar-refractivity contribution in [3.05, 3.63) is 63.1 Å². The number of anilines is 1. The van der Waals surface area contributed by atoms with E-state index >= 15 is 0 Å². The number of halogens is 2. The molecule has 0 bridgehead atoms. The molecule has 0 spiro atoms. The maximum Gasteiger partial charge on any atom is 0.254 e. The van der Waals surface area contributed by atoms with Crippen molar-refractivity contribution in [1.29, 1.82) is 0 Å². The number of nitrogen functional groups attached to an aromatic ring is 1. The third-order valence-electron chi connectivity index (χ3n) is 3.76. The second kappa shape index (κ2) is 5.58. The van der Waals surface area contributed by atoms with Crippen LogP contribution in [0.2, 0.25) is 10.0 Å². The lowest BCUT2D eigenvalue weighted by Gasteiger charge is -2.30. The van der Waals surface area contributed by atoms with Crippen molar-refractivity contribution >= 4 is 34.8 Å². The van der Waals surface area contributed by atoms with Gasteiger partial charge in [-0.2, -0.15) is 0 Å². The number of rotatable bonds is 1. The molecular weight excluding hydrogens is 307 g/mol. The quantitative estimate of drug-likeness (QED) is 0.813. The van der Waals surface area contributed by atoms with Gasteiger partial charge in [-0.3, -0.25) is 4.79 Å². The highest BCUT2D eigenvalue weighted by Gasteiger charge is 2.23. The van der Waals surface area contributed by atoms with Crippen LogP contribution < -0.4 is 5.73 Å². The highest BCUT2D eigenvalue weighted by atomic mass is 35.5. The number of amides is 1. The summed E-state index contributed by atoms with van der Waals surface area (Å²) < 4.78 is 0. The number of hydrogen-bond acceptors (Lipinski definition) is 2. The summed E-state index contributed by atoms with van der Waals surface area (Å²) in [5, 5.41) is 0.834. The molecule has 0 unspecified atom stereocenters. The van der Waals surface area contributed by atoms with Crippen molar-refractivity contribution in [1.82, 2.24) is 4.90 Å². The number of fused-ring (bicyclic) bond motifs is 1. The topological polar surface area (TPSA) is 46.3 Å². The van der Waals surface area contributed by atoms with E-state index in [0.717, 1.165) is 17.7 Å². The first-order valence-corrected chi connectivity index (χ1v) is 7.42. The zero-order chi connectivity index (χ0) is 15.0. The van der Waals surface area contributed by atoms with Crippen LogP contribution in [0.5, 0.6) is 0 Å². The van der Waals surface area contributed by atoms with Crippen LogP contribution in [0, 0.1) is 0 Å². The van der Waals surface area contributed by atoms with Crippen LogP contribution >= 0.6 is 23.2 Å². The molecule has 2 aromatic rings. The maximum atomic E-state index is 12.6. The van der Waals surface area contributed by atoms with E-state index in [0.29, 0.717) is 28.7 Å². The molecule has 1 aliphatic heterocycles. The van der Waals surface area contributed by atoms with E-state index in [-0.39, 0.29) is 5.91 Å². The fourth-order valence-electron chi connectivity index (χ4n) is 2.59. The van der Waals surface area contributed by atoms with Crippen molar-refractivity contribution in [3.8, 4) is 0 Å². The Labute approximate surface area is 133 Å². The first-order chi connectivity index (χ1) is 10.1. The molecule has 2 N–H and O–H groups in total. The molecule has 0 aromatic heterocycles. The summed E-state index contributed by atoms with van der Waals surface area (Å²) in [5.41, 5.74) is 9.54. The summed E-state index contributed by atoms with van der Waals surface area (Å²) in [7, 11) is 0. The van der Waals surface area contributed by atoms with Gasteiger partial charge in [-0.15, -0.1) is 0 Å². The predicted molar refractivity (Wildman–Crippen MR) is 85.8 cm³/mol. The second-order valence-corrected chi connectivity index (χ2v) is 5.90. The van der Waals surface area contributed by atoms with Gasteiger partial charge < -0.3 is 10.6 Å². The first kappa shape index (κ1) is 14.2. The largest absolute Gasteiger partial charge is 0.398 e. The van der Waals surface area contributed by atoms with Gasteiger partial charge in [0.25, 0.3) is 5.91 Å². The fourth-order valence-corrected chi connectivity index (χ4v) is 2.89. The van der Waals surface area contributed by atoms with Crippen molar-refractivity contribution in [3.63, 3.8) is 0 Å². The van der Waals surface area contributed by atoms with Gasteiger partial charge in [-0.05, 0) is 41.8 Å². The Bertz CT molecular complexity index is 715. The maximum absolute atomic E-state index is 12.6. The van der Waals surface area contributed by atoms with Gasteiger partial charge in [-0.1, -0.05) is 35.3 Å². The Hall–Kier alpha value is -1.71. The summed E-state index contributed by atoms with van der Waals surface area (Å²) in [6.07, 6.45) is 0.813. The molecule has 0 aliphatic carbocycles. The van der Waals surface area contributed by atoms with E-state index in [1.54, 1.807) is 23.1 Å². The first-order valence-electron chi connectivity index (χ1n) is 6.67. The van der Waals surface area contributed by atoms with E-state index in [2.05, 4.69) is 6.07 Å². The van der Waals surface area contributed by atoms with Crippen LogP contribution in [0.3, 0.4) is 0 Å². The molecule has 3 rings (SSSR count). The summed E-state index contributed by atoms with van der Waals surface area (Å²) >= 11 is 11.9. The van der Waals surface area contributed by atoms with E-state index in [1.165, 1.54) is 5.56 Å². The third-order valence-corrected chi connectivity index (χ3v) is 4.50. The van der Waals surface area contributed by atoms with Gasteiger partial charge in [0.1, 0.15) is 0 Å². The summed E-state index contributed by atoms with van der Waals surface area (Å²) in [4.78, 5) is 14.4. The highest BCUT2D eigenvalue weighted by molar-refractivity contribution is 6.42. The van der Waals surface area contributed by atoms with Gasteiger partial charge >= 0.3 is 0 Å². The molecule has 5 heteroatoms. The highest BCUT2D eigenvalue weighted by Crippen LogP contribution is 2.27. The molecular formula is C16H14Cl2N2O. The minimum atomic E-state index is -0.0533. The average molecular weight is 321 g/mol. The van der Waals surface area contributed by atoms with Crippen LogP contribution in [0.1, 0.15) is 21.5 Å². The smallest absolute Gasteiger partial charge is 0.254 e. The molecule has 1 heterocycles. The minimum absolute atomic E-state index is 0.0533. The Morgan fingerprint density at radius 2 is 1.95 bits per heavy atom. The Morgan fingerprint density at radius 1 is 1.14 bits per heavy atom. The minimum Gasteiger partial charge on any atom is -0.398 e. The van der Waals surface area contributed by atoms with Gasteiger partial charge in [-0.25, -0.2) is 0 Å². The monoisotopic (exact) mass is 320 g/mol. The molecule has 108 valence electrons. The molecule has 3 nitrogen and oxygen atoms in total. The molecule has 0 fully saturated rings. The van der Waals surface area contributed by atoms with E-state index in [4.69, 9.17) is 28.9 Å². The lowest BCUT2D eigenvalue weighted by Crippen LogP contribution is -2.36. The molecule has 0 saturated heterocycles. The molecule has 0 atom stereocenters. The van der Waals surface area contributed by atoms with Crippen molar-refractivity contribution in [2.45, 2.75) is 13.0 Å². The van der Waals surface area contributed by atoms with Crippen molar-refractivity contribution < 1.29 is 4.79 Å². The van der Waals surface area contributed by atoms with Crippen LogP contribution in [0.4, 0.5) is 5.69 Å². The molecule has 2 aromatic carbocycles. The lowest BCUT2D eigenvalue weighted by molar-refractivity contribution is 0.0735. The number of carbonyl (C=O) groups is 1.